The van der Waals surface area contributed by atoms with Crippen LogP contribution in [0.3, 0.4) is 0 Å². The second-order valence-electron chi connectivity index (χ2n) is 3.56. The summed E-state index contributed by atoms with van der Waals surface area (Å²) in [6, 6.07) is 3.31. The molecule has 1 aromatic heterocycles. The van der Waals surface area contributed by atoms with Gasteiger partial charge >= 0.3 is 5.97 Å². The molecule has 0 aliphatic carbocycles. The molecule has 2 aromatic rings. The lowest BCUT2D eigenvalue weighted by atomic mass is 10.2. The number of halogens is 1. The van der Waals surface area contributed by atoms with Crippen LogP contribution in [0.15, 0.2) is 18.3 Å². The first kappa shape index (κ1) is 11.4. The molecule has 1 N–H and O–H groups in total. The molecular formula is C11H12FN3O2. The predicted octanol–water partition coefficient (Wildman–Crippen LogP) is 1.30. The number of aryl methyl sites for hydroxylation is 1. The number of fused-ring (bicyclic) bond motifs is 1. The SMILES string of the molecule is COC(=O)CNc1ccc2c(cnn2C)c1F. The van der Waals surface area contributed by atoms with E-state index in [1.54, 1.807) is 23.9 Å². The highest BCUT2D eigenvalue weighted by molar-refractivity contribution is 5.84. The summed E-state index contributed by atoms with van der Waals surface area (Å²) in [6.45, 7) is -0.0702. The van der Waals surface area contributed by atoms with E-state index in [1.165, 1.54) is 13.3 Å². The number of rotatable bonds is 3. The van der Waals surface area contributed by atoms with E-state index < -0.39 is 11.8 Å². The Hall–Kier alpha value is -2.11. The van der Waals surface area contributed by atoms with Crippen molar-refractivity contribution < 1.29 is 13.9 Å². The summed E-state index contributed by atoms with van der Waals surface area (Å²) in [5.74, 6) is -0.866. The molecule has 0 fully saturated rings. The van der Waals surface area contributed by atoms with Crippen LogP contribution >= 0.6 is 0 Å². The summed E-state index contributed by atoms with van der Waals surface area (Å²) >= 11 is 0. The highest BCUT2D eigenvalue weighted by Gasteiger charge is 2.11. The average molecular weight is 237 g/mol. The zero-order valence-electron chi connectivity index (χ0n) is 9.53. The number of benzene rings is 1. The normalized spacial score (nSPS) is 10.5. The molecule has 0 spiro atoms. The number of carbonyl (C=O) groups is 1. The number of hydrogen-bond donors (Lipinski definition) is 1. The smallest absolute Gasteiger partial charge is 0.325 e. The maximum atomic E-state index is 14.0. The second-order valence-corrected chi connectivity index (χ2v) is 3.56. The predicted molar refractivity (Wildman–Crippen MR) is 61.2 cm³/mol. The van der Waals surface area contributed by atoms with Crippen molar-refractivity contribution in [2.24, 2.45) is 7.05 Å². The molecule has 0 unspecified atom stereocenters. The zero-order valence-corrected chi connectivity index (χ0v) is 9.53. The van der Waals surface area contributed by atoms with Crippen LogP contribution in [0.25, 0.3) is 10.9 Å². The number of carbonyl (C=O) groups excluding carboxylic acids is 1. The first-order chi connectivity index (χ1) is 8.13. The maximum absolute atomic E-state index is 14.0. The van der Waals surface area contributed by atoms with Crippen molar-refractivity contribution in [2.75, 3.05) is 19.0 Å². The fourth-order valence-corrected chi connectivity index (χ4v) is 1.57. The molecule has 0 aliphatic rings. The fourth-order valence-electron chi connectivity index (χ4n) is 1.57. The van der Waals surface area contributed by atoms with E-state index in [-0.39, 0.29) is 12.2 Å². The van der Waals surface area contributed by atoms with Gasteiger partial charge in [-0.05, 0) is 12.1 Å². The van der Waals surface area contributed by atoms with Crippen molar-refractivity contribution in [3.05, 3.63) is 24.1 Å². The molecule has 1 aromatic carbocycles. The number of aromatic nitrogens is 2. The Bertz CT molecular complexity index is 565. The first-order valence-corrected chi connectivity index (χ1v) is 5.04. The van der Waals surface area contributed by atoms with Crippen molar-refractivity contribution >= 4 is 22.6 Å². The summed E-state index contributed by atoms with van der Waals surface area (Å²) in [5.41, 5.74) is 0.960. The molecule has 17 heavy (non-hydrogen) atoms. The zero-order chi connectivity index (χ0) is 12.4. The summed E-state index contributed by atoms with van der Waals surface area (Å²) < 4.78 is 20.0. The number of nitrogens with zero attached hydrogens (tertiary/aromatic N) is 2. The molecule has 5 nitrogen and oxygen atoms in total. The van der Waals surface area contributed by atoms with Crippen molar-refractivity contribution in [3.8, 4) is 0 Å². The van der Waals surface area contributed by atoms with Gasteiger partial charge in [0.1, 0.15) is 6.54 Å². The van der Waals surface area contributed by atoms with Crippen molar-refractivity contribution in [1.82, 2.24) is 9.78 Å². The summed E-state index contributed by atoms with van der Waals surface area (Å²) in [4.78, 5) is 10.9. The van der Waals surface area contributed by atoms with Gasteiger partial charge < -0.3 is 10.1 Å². The molecule has 0 atom stereocenters. The lowest BCUT2D eigenvalue weighted by Gasteiger charge is -2.06. The van der Waals surface area contributed by atoms with Crippen LogP contribution in [0, 0.1) is 5.82 Å². The van der Waals surface area contributed by atoms with Crippen molar-refractivity contribution in [3.63, 3.8) is 0 Å². The standard InChI is InChI=1S/C11H12FN3O2/c1-15-9-4-3-8(13-6-10(16)17-2)11(12)7(9)5-14-15/h3-5,13H,6H2,1-2H3. The monoisotopic (exact) mass is 237 g/mol. The second kappa shape index (κ2) is 4.40. The van der Waals surface area contributed by atoms with Gasteiger partial charge in [-0.15, -0.1) is 0 Å². The molecule has 0 aliphatic heterocycles. The van der Waals surface area contributed by atoms with Gasteiger partial charge in [-0.1, -0.05) is 0 Å². The van der Waals surface area contributed by atoms with Gasteiger partial charge in [0.05, 0.1) is 29.9 Å². The van der Waals surface area contributed by atoms with Crippen LogP contribution in [0.4, 0.5) is 10.1 Å². The van der Waals surface area contributed by atoms with Crippen LogP contribution in [-0.4, -0.2) is 29.4 Å². The molecule has 90 valence electrons. The molecule has 0 radical (unpaired) electrons. The molecule has 0 bridgehead atoms. The Morgan fingerprint density at radius 3 is 3.06 bits per heavy atom. The van der Waals surface area contributed by atoms with Crippen LogP contribution in [0.1, 0.15) is 0 Å². The minimum absolute atomic E-state index is 0.0702. The van der Waals surface area contributed by atoms with Gasteiger partial charge in [0.2, 0.25) is 0 Å². The highest BCUT2D eigenvalue weighted by atomic mass is 19.1. The number of ether oxygens (including phenoxy) is 1. The van der Waals surface area contributed by atoms with Crippen molar-refractivity contribution in [2.45, 2.75) is 0 Å². The van der Waals surface area contributed by atoms with E-state index in [9.17, 15) is 9.18 Å². The van der Waals surface area contributed by atoms with Crippen LogP contribution in [0.5, 0.6) is 0 Å². The summed E-state index contributed by atoms with van der Waals surface area (Å²) in [6.07, 6.45) is 1.45. The molecule has 0 amide bonds. The van der Waals surface area contributed by atoms with Crippen LogP contribution < -0.4 is 5.32 Å². The molecule has 2 rings (SSSR count). The lowest BCUT2D eigenvalue weighted by molar-refractivity contribution is -0.138. The molecule has 0 saturated heterocycles. The van der Waals surface area contributed by atoms with E-state index >= 15 is 0 Å². The van der Waals surface area contributed by atoms with E-state index in [1.807, 2.05) is 0 Å². The number of methoxy groups -OCH3 is 1. The fraction of sp³-hybridized carbons (Fsp3) is 0.273. The quantitative estimate of drug-likeness (QED) is 0.817. The van der Waals surface area contributed by atoms with E-state index in [0.29, 0.717) is 10.9 Å². The van der Waals surface area contributed by atoms with Gasteiger partial charge in [-0.3, -0.25) is 9.48 Å². The lowest BCUT2D eigenvalue weighted by Crippen LogP contribution is -2.15. The van der Waals surface area contributed by atoms with Gasteiger partial charge in [0.25, 0.3) is 0 Å². The molecule has 6 heteroatoms. The van der Waals surface area contributed by atoms with E-state index in [4.69, 9.17) is 0 Å². The van der Waals surface area contributed by atoms with Gasteiger partial charge in [0, 0.05) is 7.05 Å². The Balaban J connectivity index is 2.30. The van der Waals surface area contributed by atoms with Gasteiger partial charge in [-0.25, -0.2) is 4.39 Å². The van der Waals surface area contributed by atoms with Gasteiger partial charge in [-0.2, -0.15) is 5.10 Å². The van der Waals surface area contributed by atoms with Crippen molar-refractivity contribution in [1.29, 1.82) is 0 Å². The van der Waals surface area contributed by atoms with E-state index in [2.05, 4.69) is 15.2 Å². The van der Waals surface area contributed by atoms with Crippen LogP contribution in [0.2, 0.25) is 0 Å². The Labute approximate surface area is 97.2 Å². The Morgan fingerprint density at radius 1 is 1.59 bits per heavy atom. The Kier molecular flexibility index (Phi) is 2.95. The number of hydrogen-bond acceptors (Lipinski definition) is 4. The largest absolute Gasteiger partial charge is 0.468 e. The summed E-state index contributed by atoms with van der Waals surface area (Å²) in [5, 5.41) is 7.06. The third kappa shape index (κ3) is 2.06. The number of nitrogens with one attached hydrogen (secondary N) is 1. The molecule has 0 saturated carbocycles. The third-order valence-electron chi connectivity index (χ3n) is 2.52. The van der Waals surface area contributed by atoms with E-state index in [0.717, 1.165) is 0 Å². The topological polar surface area (TPSA) is 56.1 Å². The number of anilines is 1. The maximum Gasteiger partial charge on any atom is 0.325 e. The van der Waals surface area contributed by atoms with Crippen LogP contribution in [-0.2, 0) is 16.6 Å². The average Bonchev–Trinajstić information content (AvgIpc) is 2.71. The highest BCUT2D eigenvalue weighted by Crippen LogP contribution is 2.23. The Morgan fingerprint density at radius 2 is 2.35 bits per heavy atom. The molecule has 1 heterocycles. The summed E-state index contributed by atoms with van der Waals surface area (Å²) in [7, 11) is 3.02. The number of esters is 1. The first-order valence-electron chi connectivity index (χ1n) is 5.04. The minimum atomic E-state index is -0.448. The third-order valence-corrected chi connectivity index (χ3v) is 2.52. The van der Waals surface area contributed by atoms with Gasteiger partial charge in [0.15, 0.2) is 5.82 Å². The molecular weight excluding hydrogens is 225 g/mol. The minimum Gasteiger partial charge on any atom is -0.468 e.